The summed E-state index contributed by atoms with van der Waals surface area (Å²) in [5.74, 6) is 0.614. The first-order chi connectivity index (χ1) is 18.0. The highest BCUT2D eigenvalue weighted by molar-refractivity contribution is 6.00. The van der Waals surface area contributed by atoms with E-state index in [0.717, 1.165) is 17.2 Å². The maximum Gasteiger partial charge on any atom is 0.418 e. The molecule has 0 aliphatic rings. The van der Waals surface area contributed by atoms with E-state index in [-0.39, 0.29) is 11.2 Å². The Balaban J connectivity index is 1.42. The summed E-state index contributed by atoms with van der Waals surface area (Å²) in [7, 11) is 0. The van der Waals surface area contributed by atoms with Crippen LogP contribution in [0.15, 0.2) is 77.8 Å². The minimum Gasteiger partial charge on any atom is -0.359 e. The molecule has 0 saturated heterocycles. The van der Waals surface area contributed by atoms with Crippen LogP contribution in [0, 0.1) is 0 Å². The number of urea groups is 1. The molecule has 2 N–H and O–H groups in total. The van der Waals surface area contributed by atoms with Crippen LogP contribution in [0.5, 0.6) is 0 Å². The molecule has 2 amide bonds. The molecule has 194 valence electrons. The SMILES string of the molecule is CC(C)(C)c1cc(NC(=O)Nc2ccc(-c3cnc4cc(-c5ccncc5)ccn34)cc2C(F)(F)F)no1. The van der Waals surface area contributed by atoms with Gasteiger partial charge in [-0.05, 0) is 47.5 Å². The molecule has 5 aromatic rings. The lowest BCUT2D eigenvalue weighted by Crippen LogP contribution is -2.22. The van der Waals surface area contributed by atoms with Crippen LogP contribution in [0.25, 0.3) is 28.0 Å². The molecule has 0 bridgehead atoms. The van der Waals surface area contributed by atoms with Crippen molar-refractivity contribution in [3.05, 3.63) is 84.6 Å². The predicted octanol–water partition coefficient (Wildman–Crippen LogP) is 7.01. The quantitative estimate of drug-likeness (QED) is 0.266. The van der Waals surface area contributed by atoms with Crippen LogP contribution in [0.2, 0.25) is 0 Å². The summed E-state index contributed by atoms with van der Waals surface area (Å²) < 4.78 is 48.9. The van der Waals surface area contributed by atoms with Crippen LogP contribution in [-0.4, -0.2) is 25.6 Å². The van der Waals surface area contributed by atoms with Gasteiger partial charge in [-0.2, -0.15) is 13.2 Å². The molecule has 5 rings (SSSR count). The third kappa shape index (κ3) is 5.08. The number of benzene rings is 1. The Hall–Kier alpha value is -4.67. The van der Waals surface area contributed by atoms with Crippen LogP contribution >= 0.6 is 0 Å². The van der Waals surface area contributed by atoms with Gasteiger partial charge < -0.3 is 9.84 Å². The molecule has 0 atom stereocenters. The van der Waals surface area contributed by atoms with Crippen molar-refractivity contribution >= 4 is 23.2 Å². The second kappa shape index (κ2) is 9.33. The highest BCUT2D eigenvalue weighted by Gasteiger charge is 2.34. The topological polar surface area (TPSA) is 97.3 Å². The summed E-state index contributed by atoms with van der Waals surface area (Å²) >= 11 is 0. The lowest BCUT2D eigenvalue weighted by Gasteiger charge is -2.15. The summed E-state index contributed by atoms with van der Waals surface area (Å²) in [5, 5.41) is 8.43. The standard InChI is InChI=1S/C27H23F3N6O2/c1-26(2,3)22-14-23(35-38-22)34-25(37)33-20-5-4-18(12-19(20)27(28,29)30)21-15-32-24-13-17(8-11-36(21)24)16-6-9-31-10-7-16/h4-15H,1-3H3,(H2,33,34,35,37). The average Bonchev–Trinajstić information content (AvgIpc) is 3.51. The number of nitrogens with one attached hydrogen (secondary N) is 2. The number of pyridine rings is 2. The summed E-state index contributed by atoms with van der Waals surface area (Å²) in [6.07, 6.45) is 1.91. The van der Waals surface area contributed by atoms with Crippen molar-refractivity contribution in [1.29, 1.82) is 0 Å². The largest absolute Gasteiger partial charge is 0.418 e. The smallest absolute Gasteiger partial charge is 0.359 e. The second-order valence-electron chi connectivity index (χ2n) is 9.69. The van der Waals surface area contributed by atoms with Crippen molar-refractivity contribution in [2.45, 2.75) is 32.4 Å². The molecule has 1 aromatic carbocycles. The number of halogens is 3. The number of amides is 2. The lowest BCUT2D eigenvalue weighted by atomic mass is 9.93. The van der Waals surface area contributed by atoms with E-state index in [1.54, 1.807) is 23.0 Å². The van der Waals surface area contributed by atoms with E-state index in [2.05, 4.69) is 25.8 Å². The number of alkyl halides is 3. The molecule has 8 nitrogen and oxygen atoms in total. The molecule has 4 aromatic heterocycles. The Morgan fingerprint density at radius 1 is 0.921 bits per heavy atom. The van der Waals surface area contributed by atoms with E-state index >= 15 is 0 Å². The van der Waals surface area contributed by atoms with Crippen molar-refractivity contribution in [3.63, 3.8) is 0 Å². The zero-order chi connectivity index (χ0) is 27.1. The Morgan fingerprint density at radius 2 is 1.68 bits per heavy atom. The first-order valence-electron chi connectivity index (χ1n) is 11.6. The number of fused-ring (bicyclic) bond motifs is 1. The maximum absolute atomic E-state index is 14.0. The Kier molecular flexibility index (Phi) is 6.14. The number of anilines is 2. The van der Waals surface area contributed by atoms with Crippen molar-refractivity contribution in [2.24, 2.45) is 0 Å². The number of hydrogen-bond acceptors (Lipinski definition) is 5. The molecule has 0 spiro atoms. The Morgan fingerprint density at radius 3 is 2.37 bits per heavy atom. The van der Waals surface area contributed by atoms with Gasteiger partial charge in [-0.25, -0.2) is 9.78 Å². The zero-order valence-corrected chi connectivity index (χ0v) is 20.7. The van der Waals surface area contributed by atoms with Gasteiger partial charge in [0.05, 0.1) is 23.1 Å². The van der Waals surface area contributed by atoms with Crippen molar-refractivity contribution in [3.8, 4) is 22.4 Å². The van der Waals surface area contributed by atoms with Crippen LogP contribution in [0.4, 0.5) is 29.5 Å². The fourth-order valence-electron chi connectivity index (χ4n) is 3.92. The first kappa shape index (κ1) is 25.0. The highest BCUT2D eigenvalue weighted by atomic mass is 19.4. The van der Waals surface area contributed by atoms with E-state index in [9.17, 15) is 18.0 Å². The van der Waals surface area contributed by atoms with Crippen molar-refractivity contribution in [2.75, 3.05) is 10.6 Å². The van der Waals surface area contributed by atoms with Crippen molar-refractivity contribution < 1.29 is 22.5 Å². The maximum atomic E-state index is 14.0. The van der Waals surface area contributed by atoms with Crippen LogP contribution in [0.1, 0.15) is 32.1 Å². The van der Waals surface area contributed by atoms with E-state index in [4.69, 9.17) is 4.52 Å². The van der Waals surface area contributed by atoms with Crippen LogP contribution < -0.4 is 10.6 Å². The van der Waals surface area contributed by atoms with E-state index < -0.39 is 23.5 Å². The molecule has 0 aliphatic carbocycles. The molecule has 0 fully saturated rings. The minimum atomic E-state index is -4.72. The van der Waals surface area contributed by atoms with Gasteiger partial charge in [-0.15, -0.1) is 0 Å². The van der Waals surface area contributed by atoms with Crippen LogP contribution in [0.3, 0.4) is 0 Å². The summed E-state index contributed by atoms with van der Waals surface area (Å²) in [4.78, 5) is 20.9. The zero-order valence-electron chi connectivity index (χ0n) is 20.7. The third-order valence-electron chi connectivity index (χ3n) is 5.89. The molecule has 0 saturated carbocycles. The molecule has 38 heavy (non-hydrogen) atoms. The summed E-state index contributed by atoms with van der Waals surface area (Å²) in [5.41, 5.74) is 1.45. The number of imidazole rings is 1. The van der Waals surface area contributed by atoms with Gasteiger partial charge in [0.1, 0.15) is 11.4 Å². The molecule has 0 radical (unpaired) electrons. The normalized spacial score (nSPS) is 12.1. The number of carbonyl (C=O) groups excluding carboxylic acids is 1. The monoisotopic (exact) mass is 520 g/mol. The molecular formula is C27H23F3N6O2. The van der Waals surface area contributed by atoms with Crippen molar-refractivity contribution in [1.82, 2.24) is 19.5 Å². The molecular weight excluding hydrogens is 497 g/mol. The summed E-state index contributed by atoms with van der Waals surface area (Å²) in [6, 6.07) is 11.8. The van der Waals surface area contributed by atoms with Crippen LogP contribution in [-0.2, 0) is 11.6 Å². The third-order valence-corrected chi connectivity index (χ3v) is 5.89. The number of aromatic nitrogens is 4. The number of carbonyl (C=O) groups is 1. The fraction of sp³-hybridized carbons (Fsp3) is 0.185. The Bertz CT molecular complexity index is 1620. The van der Waals surface area contributed by atoms with Gasteiger partial charge in [-0.1, -0.05) is 32.0 Å². The van der Waals surface area contributed by atoms with Gasteiger partial charge in [-0.3, -0.25) is 14.7 Å². The van der Waals surface area contributed by atoms with E-state index in [0.29, 0.717) is 22.7 Å². The molecule has 11 heteroatoms. The van der Waals surface area contributed by atoms with Gasteiger partial charge in [0.25, 0.3) is 0 Å². The van der Waals surface area contributed by atoms with Gasteiger partial charge in [0.15, 0.2) is 5.82 Å². The summed E-state index contributed by atoms with van der Waals surface area (Å²) in [6.45, 7) is 5.70. The van der Waals surface area contributed by atoms with Gasteiger partial charge >= 0.3 is 12.2 Å². The number of nitrogens with zero attached hydrogens (tertiary/aromatic N) is 4. The Labute approximate surface area is 215 Å². The van der Waals surface area contributed by atoms with E-state index in [1.807, 2.05) is 45.0 Å². The molecule has 0 unspecified atom stereocenters. The number of hydrogen-bond donors (Lipinski definition) is 2. The number of rotatable bonds is 4. The van der Waals surface area contributed by atoms with Gasteiger partial charge in [0.2, 0.25) is 0 Å². The van der Waals surface area contributed by atoms with E-state index in [1.165, 1.54) is 24.4 Å². The molecule has 4 heterocycles. The lowest BCUT2D eigenvalue weighted by molar-refractivity contribution is -0.136. The second-order valence-corrected chi connectivity index (χ2v) is 9.69. The fourth-order valence-corrected chi connectivity index (χ4v) is 3.92. The molecule has 0 aliphatic heterocycles. The predicted molar refractivity (Wildman–Crippen MR) is 137 cm³/mol. The highest BCUT2D eigenvalue weighted by Crippen LogP contribution is 2.38. The average molecular weight is 521 g/mol. The first-order valence-corrected chi connectivity index (χ1v) is 11.6. The van der Waals surface area contributed by atoms with Gasteiger partial charge in [0, 0.05) is 35.6 Å². The minimum absolute atomic E-state index is 0.0921.